The van der Waals surface area contributed by atoms with Gasteiger partial charge in [0.05, 0.1) is 12.2 Å². The summed E-state index contributed by atoms with van der Waals surface area (Å²) in [5.41, 5.74) is 0.126. The highest BCUT2D eigenvalue weighted by Gasteiger charge is 2.20. The fourth-order valence-electron chi connectivity index (χ4n) is 1.48. The molecule has 0 bridgehead atoms. The van der Waals surface area contributed by atoms with Gasteiger partial charge < -0.3 is 9.84 Å². The van der Waals surface area contributed by atoms with E-state index in [9.17, 15) is 13.2 Å². The van der Waals surface area contributed by atoms with E-state index in [0.29, 0.717) is 6.61 Å². The molecule has 21 heavy (non-hydrogen) atoms. The number of aromatic nitrogens is 1. The Morgan fingerprint density at radius 1 is 1.52 bits per heavy atom. The van der Waals surface area contributed by atoms with Gasteiger partial charge in [-0.05, 0) is 25.1 Å². The van der Waals surface area contributed by atoms with Crippen LogP contribution >= 0.6 is 11.3 Å². The van der Waals surface area contributed by atoms with Crippen molar-refractivity contribution in [2.45, 2.75) is 11.1 Å². The third-order valence-corrected chi connectivity index (χ3v) is 5.19. The molecule has 0 spiro atoms. The Kier molecular flexibility index (Phi) is 4.43. The SMILES string of the molecule is CCOc1ncccc1NS(=O)(=O)c1cc(C(=O)O)cs1. The first-order chi connectivity index (χ1) is 9.94. The van der Waals surface area contributed by atoms with Gasteiger partial charge in [0.15, 0.2) is 0 Å². The fourth-order valence-corrected chi connectivity index (χ4v) is 3.70. The van der Waals surface area contributed by atoms with Gasteiger partial charge in [-0.2, -0.15) is 0 Å². The molecule has 0 aromatic carbocycles. The van der Waals surface area contributed by atoms with Crippen molar-refractivity contribution < 1.29 is 23.1 Å². The Bertz CT molecular complexity index is 755. The number of nitrogens with zero attached hydrogens (tertiary/aromatic N) is 1. The number of carboxylic acid groups (broad SMARTS) is 1. The monoisotopic (exact) mass is 328 g/mol. The van der Waals surface area contributed by atoms with Crippen LogP contribution in [-0.4, -0.2) is 31.1 Å². The number of nitrogens with one attached hydrogen (secondary N) is 1. The van der Waals surface area contributed by atoms with E-state index in [0.717, 1.165) is 17.4 Å². The van der Waals surface area contributed by atoms with Gasteiger partial charge in [-0.3, -0.25) is 4.72 Å². The summed E-state index contributed by atoms with van der Waals surface area (Å²) < 4.78 is 31.9. The second kappa shape index (κ2) is 6.10. The van der Waals surface area contributed by atoms with Crippen molar-refractivity contribution >= 4 is 33.0 Å². The topological polar surface area (TPSA) is 106 Å². The maximum Gasteiger partial charge on any atom is 0.336 e. The van der Waals surface area contributed by atoms with Crippen molar-refractivity contribution in [3.05, 3.63) is 35.3 Å². The van der Waals surface area contributed by atoms with Gasteiger partial charge >= 0.3 is 5.97 Å². The number of rotatable bonds is 6. The second-order valence-corrected chi connectivity index (χ2v) is 6.67. The lowest BCUT2D eigenvalue weighted by molar-refractivity contribution is 0.0697. The molecule has 2 rings (SSSR count). The van der Waals surface area contributed by atoms with Crippen LogP contribution in [0.4, 0.5) is 5.69 Å². The number of pyridine rings is 1. The van der Waals surface area contributed by atoms with Crippen LogP contribution in [0.5, 0.6) is 5.88 Å². The number of hydrogen-bond donors (Lipinski definition) is 2. The minimum absolute atomic E-state index is 0.0726. The van der Waals surface area contributed by atoms with Crippen LogP contribution in [0.1, 0.15) is 17.3 Å². The summed E-state index contributed by atoms with van der Waals surface area (Å²) in [7, 11) is -3.88. The van der Waals surface area contributed by atoms with E-state index >= 15 is 0 Å². The molecular formula is C12H12N2O5S2. The largest absolute Gasteiger partial charge is 0.478 e. The van der Waals surface area contributed by atoms with E-state index in [4.69, 9.17) is 9.84 Å². The highest BCUT2D eigenvalue weighted by molar-refractivity contribution is 7.94. The third kappa shape index (κ3) is 3.50. The lowest BCUT2D eigenvalue weighted by Gasteiger charge is -2.10. The Labute approximate surface area is 125 Å². The van der Waals surface area contributed by atoms with Crippen LogP contribution in [0, 0.1) is 0 Å². The van der Waals surface area contributed by atoms with Crippen molar-refractivity contribution in [1.29, 1.82) is 0 Å². The molecule has 0 fully saturated rings. The number of ether oxygens (including phenoxy) is 1. The summed E-state index contributed by atoms with van der Waals surface area (Å²) in [6.45, 7) is 2.10. The first kappa shape index (κ1) is 15.3. The van der Waals surface area contributed by atoms with Gasteiger partial charge in [0, 0.05) is 11.6 Å². The number of sulfonamides is 1. The van der Waals surface area contributed by atoms with Gasteiger partial charge in [-0.15, -0.1) is 11.3 Å². The minimum Gasteiger partial charge on any atom is -0.478 e. The van der Waals surface area contributed by atoms with E-state index < -0.39 is 16.0 Å². The summed E-state index contributed by atoms with van der Waals surface area (Å²) in [6.07, 6.45) is 1.48. The molecule has 0 amide bonds. The number of carbonyl (C=O) groups is 1. The predicted molar refractivity (Wildman–Crippen MR) is 77.5 cm³/mol. The molecule has 2 heterocycles. The molecule has 0 saturated heterocycles. The van der Waals surface area contributed by atoms with Gasteiger partial charge in [0.1, 0.15) is 9.90 Å². The Morgan fingerprint density at radius 3 is 2.90 bits per heavy atom. The quantitative estimate of drug-likeness (QED) is 0.840. The number of hydrogen-bond acceptors (Lipinski definition) is 6. The Hall–Kier alpha value is -2.13. The summed E-state index contributed by atoms with van der Waals surface area (Å²) >= 11 is 0.831. The summed E-state index contributed by atoms with van der Waals surface area (Å²) in [5, 5.41) is 10.1. The minimum atomic E-state index is -3.88. The van der Waals surface area contributed by atoms with Crippen molar-refractivity contribution in [2.75, 3.05) is 11.3 Å². The smallest absolute Gasteiger partial charge is 0.336 e. The van der Waals surface area contributed by atoms with Crippen LogP contribution in [0.3, 0.4) is 0 Å². The predicted octanol–water partition coefficient (Wildman–Crippen LogP) is 2.04. The Morgan fingerprint density at radius 2 is 2.29 bits per heavy atom. The van der Waals surface area contributed by atoms with Gasteiger partial charge in [0.25, 0.3) is 10.0 Å². The van der Waals surface area contributed by atoms with Gasteiger partial charge in [-0.1, -0.05) is 0 Å². The van der Waals surface area contributed by atoms with Crippen molar-refractivity contribution in [3.8, 4) is 5.88 Å². The molecule has 2 aromatic rings. The van der Waals surface area contributed by atoms with Crippen LogP contribution in [-0.2, 0) is 10.0 Å². The molecule has 0 aliphatic heterocycles. The zero-order valence-electron chi connectivity index (χ0n) is 10.9. The molecule has 0 atom stereocenters. The molecule has 0 aliphatic rings. The van der Waals surface area contributed by atoms with E-state index in [1.165, 1.54) is 17.6 Å². The number of aromatic carboxylic acids is 1. The third-order valence-electron chi connectivity index (χ3n) is 2.38. The van der Waals surface area contributed by atoms with Crippen molar-refractivity contribution in [2.24, 2.45) is 0 Å². The second-order valence-electron chi connectivity index (χ2n) is 3.85. The molecule has 2 aromatic heterocycles. The van der Waals surface area contributed by atoms with E-state index in [1.807, 2.05) is 0 Å². The van der Waals surface area contributed by atoms with Crippen LogP contribution < -0.4 is 9.46 Å². The van der Waals surface area contributed by atoms with Crippen molar-refractivity contribution in [3.63, 3.8) is 0 Å². The average molecular weight is 328 g/mol. The van der Waals surface area contributed by atoms with E-state index in [2.05, 4.69) is 9.71 Å². The molecule has 112 valence electrons. The zero-order valence-corrected chi connectivity index (χ0v) is 12.6. The van der Waals surface area contributed by atoms with Gasteiger partial charge in [0.2, 0.25) is 5.88 Å². The summed E-state index contributed by atoms with van der Waals surface area (Å²) in [5.74, 6) is -1.01. The van der Waals surface area contributed by atoms with Crippen LogP contribution in [0.2, 0.25) is 0 Å². The molecule has 0 unspecified atom stereocenters. The lowest BCUT2D eigenvalue weighted by Crippen LogP contribution is -2.13. The molecule has 9 heteroatoms. The number of thiophene rings is 1. The Balaban J connectivity index is 2.30. The summed E-state index contributed by atoms with van der Waals surface area (Å²) in [6, 6.07) is 4.19. The molecule has 0 radical (unpaired) electrons. The standard InChI is InChI=1S/C12H12N2O5S2/c1-2-19-11-9(4-3-5-13-11)14-21(17,18)10-6-8(7-20-10)12(15)16/h3-7,14H,2H2,1H3,(H,15,16). The van der Waals surface area contributed by atoms with Crippen molar-refractivity contribution in [1.82, 2.24) is 4.98 Å². The van der Waals surface area contributed by atoms with E-state index in [-0.39, 0.29) is 21.3 Å². The highest BCUT2D eigenvalue weighted by atomic mass is 32.2. The lowest BCUT2D eigenvalue weighted by atomic mass is 10.4. The van der Waals surface area contributed by atoms with Gasteiger partial charge in [-0.25, -0.2) is 18.2 Å². The normalized spacial score (nSPS) is 11.1. The maximum atomic E-state index is 12.2. The fraction of sp³-hybridized carbons (Fsp3) is 0.167. The average Bonchev–Trinajstić information content (AvgIpc) is 2.92. The first-order valence-electron chi connectivity index (χ1n) is 5.86. The molecule has 0 saturated carbocycles. The summed E-state index contributed by atoms with van der Waals surface area (Å²) in [4.78, 5) is 14.7. The molecule has 0 aliphatic carbocycles. The van der Waals surface area contributed by atoms with Crippen LogP contribution in [0.15, 0.2) is 34.0 Å². The highest BCUT2D eigenvalue weighted by Crippen LogP contribution is 2.27. The molecular weight excluding hydrogens is 316 g/mol. The maximum absolute atomic E-state index is 12.2. The molecule has 7 nitrogen and oxygen atoms in total. The molecule has 2 N–H and O–H groups in total. The zero-order chi connectivity index (χ0) is 15.5. The number of anilines is 1. The number of carboxylic acids is 1. The first-order valence-corrected chi connectivity index (χ1v) is 8.23. The van der Waals surface area contributed by atoms with Crippen LogP contribution in [0.25, 0.3) is 0 Å². The van der Waals surface area contributed by atoms with E-state index in [1.54, 1.807) is 13.0 Å².